The number of sulfone groups is 1. The summed E-state index contributed by atoms with van der Waals surface area (Å²) >= 11 is 0. The fourth-order valence-electron chi connectivity index (χ4n) is 3.39. The Labute approximate surface area is 148 Å². The highest BCUT2D eigenvalue weighted by Crippen LogP contribution is 2.44. The fourth-order valence-corrected chi connectivity index (χ4v) is 4.12. The molecule has 0 amide bonds. The van der Waals surface area contributed by atoms with Gasteiger partial charge in [-0.05, 0) is 30.5 Å². The van der Waals surface area contributed by atoms with E-state index in [9.17, 15) is 26.0 Å². The molecule has 0 bridgehead atoms. The Kier molecular flexibility index (Phi) is 4.85. The smallest absolute Gasteiger partial charge is 0.351 e. The Morgan fingerprint density at radius 2 is 1.81 bits per heavy atom. The third-order valence-corrected chi connectivity index (χ3v) is 5.72. The Bertz CT molecular complexity index is 913. The molecule has 1 heterocycles. The van der Waals surface area contributed by atoms with Crippen LogP contribution in [0.3, 0.4) is 0 Å². The first-order chi connectivity index (χ1) is 12.1. The summed E-state index contributed by atoms with van der Waals surface area (Å²) in [5.74, 6) is -2.59. The normalized spacial score (nSPS) is 16.8. The monoisotopic (exact) mass is 391 g/mol. The van der Waals surface area contributed by atoms with Crippen LogP contribution >= 0.6 is 0 Å². The second-order valence-corrected chi connectivity index (χ2v) is 8.51. The summed E-state index contributed by atoms with van der Waals surface area (Å²) in [6, 6.07) is 2.93. The molecule has 1 aliphatic carbocycles. The van der Waals surface area contributed by atoms with Crippen LogP contribution < -0.4 is 0 Å². The van der Waals surface area contributed by atoms with Crippen molar-refractivity contribution < 1.29 is 30.5 Å². The first-order valence-electron chi connectivity index (χ1n) is 8.16. The molecule has 26 heavy (non-hydrogen) atoms. The van der Waals surface area contributed by atoms with Gasteiger partial charge in [-0.1, -0.05) is 30.5 Å². The third-order valence-electron chi connectivity index (χ3n) is 4.59. The van der Waals surface area contributed by atoms with Crippen molar-refractivity contribution >= 4 is 9.84 Å². The van der Waals surface area contributed by atoms with Crippen molar-refractivity contribution in [3.05, 3.63) is 35.5 Å². The van der Waals surface area contributed by atoms with E-state index in [4.69, 9.17) is 0 Å². The highest BCUT2D eigenvalue weighted by molar-refractivity contribution is 7.90. The van der Waals surface area contributed by atoms with E-state index in [1.54, 1.807) is 0 Å². The average molecular weight is 391 g/mol. The number of rotatable bonds is 3. The van der Waals surface area contributed by atoms with E-state index in [0.29, 0.717) is 12.8 Å². The molecule has 2 aromatic rings. The van der Waals surface area contributed by atoms with E-state index in [1.165, 1.54) is 0 Å². The van der Waals surface area contributed by atoms with E-state index in [2.05, 4.69) is 9.68 Å². The predicted molar refractivity (Wildman–Crippen MR) is 85.8 cm³/mol. The SMILES string of the molecule is CS(=O)(=O)c1ccc(-c2c(C3CCCCC3)noc2C(F)(F)F)cc1F. The molecular weight excluding hydrogens is 374 g/mol. The molecular formula is C17H17F4NO3S. The summed E-state index contributed by atoms with van der Waals surface area (Å²) in [6.07, 6.45) is 0.161. The first-order valence-corrected chi connectivity index (χ1v) is 10.0. The molecule has 0 aliphatic heterocycles. The molecule has 0 spiro atoms. The number of alkyl halides is 3. The Hall–Kier alpha value is -1.90. The lowest BCUT2D eigenvalue weighted by molar-refractivity contribution is -0.154. The van der Waals surface area contributed by atoms with Crippen LogP contribution in [0.4, 0.5) is 17.6 Å². The van der Waals surface area contributed by atoms with Gasteiger partial charge in [0.25, 0.3) is 0 Å². The molecule has 1 fully saturated rings. The lowest BCUT2D eigenvalue weighted by Crippen LogP contribution is -2.09. The van der Waals surface area contributed by atoms with E-state index in [0.717, 1.165) is 43.7 Å². The van der Waals surface area contributed by atoms with Crippen molar-refractivity contribution in [2.24, 2.45) is 0 Å². The fraction of sp³-hybridized carbons (Fsp3) is 0.471. The number of hydrogen-bond donors (Lipinski definition) is 0. The minimum Gasteiger partial charge on any atom is -0.351 e. The van der Waals surface area contributed by atoms with Crippen molar-refractivity contribution in [1.82, 2.24) is 5.16 Å². The van der Waals surface area contributed by atoms with Crippen LogP contribution in [-0.4, -0.2) is 19.8 Å². The van der Waals surface area contributed by atoms with Crippen molar-refractivity contribution in [2.45, 2.75) is 49.1 Å². The standard InChI is InChI=1S/C17H17F4NO3S/c1-26(23,24)13-8-7-11(9-12(13)18)14-15(10-5-3-2-4-6-10)22-25-16(14)17(19,20)21/h7-10H,2-6H2,1H3. The van der Waals surface area contributed by atoms with Gasteiger partial charge in [0.05, 0.1) is 11.3 Å². The van der Waals surface area contributed by atoms with E-state index < -0.39 is 32.5 Å². The largest absolute Gasteiger partial charge is 0.453 e. The summed E-state index contributed by atoms with van der Waals surface area (Å²) in [5, 5.41) is 3.65. The molecule has 0 N–H and O–H groups in total. The number of nitrogens with zero attached hydrogens (tertiary/aromatic N) is 1. The van der Waals surface area contributed by atoms with E-state index >= 15 is 0 Å². The maximum absolute atomic E-state index is 14.2. The lowest BCUT2D eigenvalue weighted by Gasteiger charge is -2.20. The van der Waals surface area contributed by atoms with E-state index in [1.807, 2.05) is 0 Å². The summed E-state index contributed by atoms with van der Waals surface area (Å²) < 4.78 is 82.0. The molecule has 9 heteroatoms. The Morgan fingerprint density at radius 3 is 2.35 bits per heavy atom. The van der Waals surface area contributed by atoms with Gasteiger partial charge in [0.1, 0.15) is 10.7 Å². The van der Waals surface area contributed by atoms with Gasteiger partial charge in [0.2, 0.25) is 5.76 Å². The first kappa shape index (κ1) is 18.9. The maximum atomic E-state index is 14.2. The highest BCUT2D eigenvalue weighted by Gasteiger charge is 2.42. The third kappa shape index (κ3) is 3.62. The highest BCUT2D eigenvalue weighted by atomic mass is 32.2. The van der Waals surface area contributed by atoms with Gasteiger partial charge in [0.15, 0.2) is 9.84 Å². The maximum Gasteiger partial charge on any atom is 0.453 e. The predicted octanol–water partition coefficient (Wildman–Crippen LogP) is 4.95. The van der Waals surface area contributed by atoms with Crippen molar-refractivity contribution in [3.63, 3.8) is 0 Å². The second kappa shape index (κ2) is 6.68. The molecule has 0 saturated heterocycles. The molecule has 0 radical (unpaired) electrons. The Balaban J connectivity index is 2.16. The van der Waals surface area contributed by atoms with Gasteiger partial charge in [0, 0.05) is 12.2 Å². The van der Waals surface area contributed by atoms with Crippen LogP contribution in [-0.2, 0) is 16.0 Å². The van der Waals surface area contributed by atoms with Crippen LogP contribution in [0.1, 0.15) is 49.5 Å². The summed E-state index contributed by atoms with van der Waals surface area (Å²) in [6.45, 7) is 0. The zero-order valence-electron chi connectivity index (χ0n) is 13.9. The molecule has 1 saturated carbocycles. The number of benzene rings is 1. The zero-order valence-corrected chi connectivity index (χ0v) is 14.8. The average Bonchev–Trinajstić information content (AvgIpc) is 2.99. The number of halogens is 4. The Morgan fingerprint density at radius 1 is 1.15 bits per heavy atom. The molecule has 4 nitrogen and oxygen atoms in total. The van der Waals surface area contributed by atoms with Crippen LogP contribution in [0.5, 0.6) is 0 Å². The van der Waals surface area contributed by atoms with Gasteiger partial charge >= 0.3 is 6.18 Å². The van der Waals surface area contributed by atoms with Crippen LogP contribution in [0, 0.1) is 5.82 Å². The summed E-state index contributed by atoms with van der Waals surface area (Å²) in [7, 11) is -3.82. The molecule has 1 aliphatic rings. The van der Waals surface area contributed by atoms with Crippen molar-refractivity contribution in [2.75, 3.05) is 6.26 Å². The van der Waals surface area contributed by atoms with Crippen LogP contribution in [0.25, 0.3) is 11.1 Å². The summed E-state index contributed by atoms with van der Waals surface area (Å²) in [5.41, 5.74) is -0.240. The van der Waals surface area contributed by atoms with Gasteiger partial charge < -0.3 is 4.52 Å². The molecule has 1 aromatic carbocycles. The summed E-state index contributed by atoms with van der Waals surface area (Å²) in [4.78, 5) is -0.564. The minimum atomic E-state index is -4.79. The van der Waals surface area contributed by atoms with Crippen molar-refractivity contribution in [1.29, 1.82) is 0 Å². The zero-order chi connectivity index (χ0) is 19.1. The van der Waals surface area contributed by atoms with Crippen LogP contribution in [0.15, 0.2) is 27.6 Å². The molecule has 1 aromatic heterocycles. The lowest BCUT2D eigenvalue weighted by atomic mass is 9.84. The molecule has 142 valence electrons. The van der Waals surface area contributed by atoms with Gasteiger partial charge in [-0.2, -0.15) is 13.2 Å². The van der Waals surface area contributed by atoms with Crippen molar-refractivity contribution in [3.8, 4) is 11.1 Å². The minimum absolute atomic E-state index is 0.0935. The van der Waals surface area contributed by atoms with Gasteiger partial charge in [-0.25, -0.2) is 12.8 Å². The van der Waals surface area contributed by atoms with Crippen LogP contribution in [0.2, 0.25) is 0 Å². The van der Waals surface area contributed by atoms with Gasteiger partial charge in [-0.15, -0.1) is 0 Å². The number of hydrogen-bond acceptors (Lipinski definition) is 4. The van der Waals surface area contributed by atoms with Gasteiger partial charge in [-0.3, -0.25) is 0 Å². The number of aromatic nitrogens is 1. The molecule has 0 atom stereocenters. The molecule has 0 unspecified atom stereocenters. The second-order valence-electron chi connectivity index (χ2n) is 6.52. The molecule has 3 rings (SSSR count). The topological polar surface area (TPSA) is 60.2 Å². The van der Waals surface area contributed by atoms with E-state index in [-0.39, 0.29) is 22.7 Å². The quantitative estimate of drug-likeness (QED) is 0.695.